The van der Waals surface area contributed by atoms with E-state index in [1.165, 1.54) is 43.0 Å². The largest absolute Gasteiger partial charge is 0.495 e. The minimum Gasteiger partial charge on any atom is -0.495 e. The molecule has 0 amide bonds. The van der Waals surface area contributed by atoms with E-state index in [1.54, 1.807) is 54.7 Å². The Labute approximate surface area is 229 Å². The Morgan fingerprint density at radius 3 is 2.38 bits per heavy atom. The summed E-state index contributed by atoms with van der Waals surface area (Å²) >= 11 is 6.20. The SMILES string of the molecule is COc1cn(C(Cc2ccccn2)C(=O)Cc2ccc(C(=O)O)cc2)c(=O)cc1-c1cc(Cl)ccc1C(C)=O. The van der Waals surface area contributed by atoms with Gasteiger partial charge in [-0.25, -0.2) is 4.79 Å². The van der Waals surface area contributed by atoms with Gasteiger partial charge in [0.1, 0.15) is 11.8 Å². The summed E-state index contributed by atoms with van der Waals surface area (Å²) in [6.45, 7) is 1.42. The van der Waals surface area contributed by atoms with Crippen LogP contribution < -0.4 is 10.3 Å². The molecule has 4 aromatic rings. The van der Waals surface area contributed by atoms with E-state index in [0.29, 0.717) is 33.0 Å². The zero-order valence-electron chi connectivity index (χ0n) is 21.3. The smallest absolute Gasteiger partial charge is 0.335 e. The summed E-state index contributed by atoms with van der Waals surface area (Å²) in [7, 11) is 1.44. The normalized spacial score (nSPS) is 11.6. The molecular weight excluding hydrogens is 520 g/mol. The van der Waals surface area contributed by atoms with Gasteiger partial charge in [-0.15, -0.1) is 0 Å². The number of aromatic nitrogens is 2. The summed E-state index contributed by atoms with van der Waals surface area (Å²) < 4.78 is 6.92. The van der Waals surface area contributed by atoms with Crippen molar-refractivity contribution in [3.8, 4) is 16.9 Å². The van der Waals surface area contributed by atoms with E-state index >= 15 is 0 Å². The predicted molar refractivity (Wildman–Crippen MR) is 147 cm³/mol. The number of rotatable bonds is 10. The molecule has 2 heterocycles. The van der Waals surface area contributed by atoms with Gasteiger partial charge in [0, 0.05) is 46.9 Å². The maximum Gasteiger partial charge on any atom is 0.335 e. The summed E-state index contributed by atoms with van der Waals surface area (Å²) in [6, 6.07) is 16.5. The average molecular weight is 545 g/mol. The molecule has 1 unspecified atom stereocenters. The van der Waals surface area contributed by atoms with E-state index < -0.39 is 17.6 Å². The number of carbonyl (C=O) groups excluding carboxylic acids is 2. The van der Waals surface area contributed by atoms with Gasteiger partial charge < -0.3 is 14.4 Å². The van der Waals surface area contributed by atoms with Crippen molar-refractivity contribution in [2.75, 3.05) is 7.11 Å². The fourth-order valence-corrected chi connectivity index (χ4v) is 4.53. The van der Waals surface area contributed by atoms with Gasteiger partial charge in [-0.3, -0.25) is 19.4 Å². The number of ketones is 2. The Hall–Kier alpha value is -4.56. The zero-order valence-corrected chi connectivity index (χ0v) is 22.0. The van der Waals surface area contributed by atoms with E-state index in [1.807, 2.05) is 0 Å². The van der Waals surface area contributed by atoms with Crippen LogP contribution in [-0.4, -0.2) is 39.3 Å². The molecule has 0 fully saturated rings. The molecule has 0 aliphatic heterocycles. The van der Waals surface area contributed by atoms with Crippen LogP contribution >= 0.6 is 11.6 Å². The molecular formula is C30H25ClN2O6. The number of carboxylic acids is 1. The third-order valence-corrected chi connectivity index (χ3v) is 6.57. The molecule has 1 N–H and O–H groups in total. The number of hydrogen-bond acceptors (Lipinski definition) is 6. The number of Topliss-reactive ketones (excluding diaryl/α,β-unsaturated/α-hetero) is 2. The first-order valence-electron chi connectivity index (χ1n) is 12.0. The van der Waals surface area contributed by atoms with Gasteiger partial charge in [-0.2, -0.15) is 0 Å². The molecule has 4 rings (SSSR count). The minimum absolute atomic E-state index is 0.0311. The minimum atomic E-state index is -1.06. The average Bonchev–Trinajstić information content (AvgIpc) is 2.92. The molecule has 198 valence electrons. The van der Waals surface area contributed by atoms with Gasteiger partial charge in [0.2, 0.25) is 0 Å². The first-order chi connectivity index (χ1) is 18.7. The molecule has 0 aliphatic carbocycles. The number of carbonyl (C=O) groups is 3. The highest BCUT2D eigenvalue weighted by atomic mass is 35.5. The highest BCUT2D eigenvalue weighted by molar-refractivity contribution is 6.31. The molecule has 0 radical (unpaired) electrons. The Morgan fingerprint density at radius 1 is 1.03 bits per heavy atom. The molecule has 9 heteroatoms. The van der Waals surface area contributed by atoms with Crippen LogP contribution in [-0.2, 0) is 17.6 Å². The summed E-state index contributed by atoms with van der Waals surface area (Å²) in [5.74, 6) is -1.26. The van der Waals surface area contributed by atoms with Crippen molar-refractivity contribution in [2.24, 2.45) is 0 Å². The van der Waals surface area contributed by atoms with Gasteiger partial charge in [0.15, 0.2) is 11.6 Å². The number of hydrogen-bond donors (Lipinski definition) is 1. The molecule has 0 saturated carbocycles. The summed E-state index contributed by atoms with van der Waals surface area (Å²) in [4.78, 5) is 54.9. The van der Waals surface area contributed by atoms with Crippen LogP contribution in [0, 0.1) is 0 Å². The van der Waals surface area contributed by atoms with E-state index in [9.17, 15) is 19.2 Å². The second-order valence-electron chi connectivity index (χ2n) is 8.93. The molecule has 0 bridgehead atoms. The van der Waals surface area contributed by atoms with Gasteiger partial charge >= 0.3 is 5.97 Å². The van der Waals surface area contributed by atoms with Crippen molar-refractivity contribution < 1.29 is 24.2 Å². The van der Waals surface area contributed by atoms with Crippen molar-refractivity contribution >= 4 is 29.1 Å². The first-order valence-corrected chi connectivity index (χ1v) is 12.4. The van der Waals surface area contributed by atoms with Crippen LogP contribution in [0.5, 0.6) is 5.75 Å². The maximum atomic E-state index is 13.6. The van der Waals surface area contributed by atoms with Crippen molar-refractivity contribution in [1.82, 2.24) is 9.55 Å². The van der Waals surface area contributed by atoms with Gasteiger partial charge in [0.05, 0.1) is 18.9 Å². The highest BCUT2D eigenvalue weighted by Gasteiger charge is 2.25. The molecule has 0 aliphatic rings. The monoisotopic (exact) mass is 544 g/mol. The molecule has 2 aromatic heterocycles. The van der Waals surface area contributed by atoms with Crippen LogP contribution in [0.4, 0.5) is 0 Å². The zero-order chi connectivity index (χ0) is 28.1. The topological polar surface area (TPSA) is 116 Å². The van der Waals surface area contributed by atoms with Crippen molar-refractivity contribution in [3.05, 3.63) is 117 Å². The Morgan fingerprint density at radius 2 is 1.77 bits per heavy atom. The maximum absolute atomic E-state index is 13.6. The number of methoxy groups -OCH3 is 1. The summed E-state index contributed by atoms with van der Waals surface area (Å²) in [5.41, 5.74) is 2.05. The molecule has 0 saturated heterocycles. The lowest BCUT2D eigenvalue weighted by molar-refractivity contribution is -0.121. The fourth-order valence-electron chi connectivity index (χ4n) is 4.36. The van der Waals surface area contributed by atoms with Crippen LogP contribution in [0.25, 0.3) is 11.1 Å². The number of pyridine rings is 2. The quantitative estimate of drug-likeness (QED) is 0.277. The number of aromatic carboxylic acids is 1. The third kappa shape index (κ3) is 6.30. The van der Waals surface area contributed by atoms with Gasteiger partial charge in [-0.1, -0.05) is 29.8 Å². The number of nitrogens with zero attached hydrogens (tertiary/aromatic N) is 2. The van der Waals surface area contributed by atoms with E-state index in [2.05, 4.69) is 4.98 Å². The van der Waals surface area contributed by atoms with Crippen LogP contribution in [0.3, 0.4) is 0 Å². The number of carboxylic acid groups (broad SMARTS) is 1. The standard InChI is InChI=1S/C30H25ClN2O6/c1-18(34)23-11-10-21(31)14-24(23)25-16-29(36)33(17-28(25)39-2)26(15-22-5-3-4-12-32-22)27(35)13-19-6-8-20(9-7-19)30(37)38/h3-12,14,16-17,26H,13,15H2,1-2H3,(H,37,38). The molecule has 2 aromatic carbocycles. The lowest BCUT2D eigenvalue weighted by Crippen LogP contribution is -2.32. The van der Waals surface area contributed by atoms with Gasteiger partial charge in [-0.05, 0) is 60.5 Å². The van der Waals surface area contributed by atoms with E-state index in [-0.39, 0.29) is 35.7 Å². The Kier molecular flexibility index (Phi) is 8.36. The second kappa shape index (κ2) is 11.9. The van der Waals surface area contributed by atoms with E-state index in [4.69, 9.17) is 21.4 Å². The molecule has 1 atom stereocenters. The Balaban J connectivity index is 1.79. The van der Waals surface area contributed by atoms with E-state index in [0.717, 1.165) is 0 Å². The number of ether oxygens (including phenoxy) is 1. The number of halogens is 1. The second-order valence-corrected chi connectivity index (χ2v) is 9.37. The van der Waals surface area contributed by atoms with Crippen molar-refractivity contribution in [2.45, 2.75) is 25.8 Å². The highest BCUT2D eigenvalue weighted by Crippen LogP contribution is 2.34. The summed E-state index contributed by atoms with van der Waals surface area (Å²) in [5, 5.41) is 9.54. The van der Waals surface area contributed by atoms with Crippen LogP contribution in [0.2, 0.25) is 5.02 Å². The molecule has 39 heavy (non-hydrogen) atoms. The van der Waals surface area contributed by atoms with Crippen LogP contribution in [0.15, 0.2) is 83.9 Å². The molecule has 8 nitrogen and oxygen atoms in total. The fraction of sp³-hybridized carbons (Fsp3) is 0.167. The first kappa shape index (κ1) is 27.5. The van der Waals surface area contributed by atoms with Crippen molar-refractivity contribution in [1.29, 1.82) is 0 Å². The number of benzene rings is 2. The summed E-state index contributed by atoms with van der Waals surface area (Å²) in [6.07, 6.45) is 3.18. The third-order valence-electron chi connectivity index (χ3n) is 6.33. The lowest BCUT2D eigenvalue weighted by Gasteiger charge is -2.21. The Bertz CT molecular complexity index is 1600. The van der Waals surface area contributed by atoms with Crippen LogP contribution in [0.1, 0.15) is 44.9 Å². The van der Waals surface area contributed by atoms with Crippen molar-refractivity contribution in [3.63, 3.8) is 0 Å². The molecule has 0 spiro atoms. The van der Waals surface area contributed by atoms with Gasteiger partial charge in [0.25, 0.3) is 5.56 Å². The lowest BCUT2D eigenvalue weighted by atomic mass is 9.96. The predicted octanol–water partition coefficient (Wildman–Crippen LogP) is 5.07.